The van der Waals surface area contributed by atoms with Crippen LogP contribution in [-0.4, -0.2) is 11.9 Å². The van der Waals surface area contributed by atoms with Gasteiger partial charge in [0.15, 0.2) is 0 Å². The van der Waals surface area contributed by atoms with Crippen LogP contribution in [-0.2, 0) is 17.6 Å². The van der Waals surface area contributed by atoms with E-state index in [0.29, 0.717) is 12.5 Å². The van der Waals surface area contributed by atoms with Gasteiger partial charge in [0.05, 0.1) is 6.42 Å². The monoisotopic (exact) mass is 257 g/mol. The number of carbonyl (C=O) groups is 1. The molecule has 0 saturated heterocycles. The summed E-state index contributed by atoms with van der Waals surface area (Å²) in [4.78, 5) is 12.1. The topological polar surface area (TPSA) is 29.1 Å². The molecule has 2 aliphatic rings. The van der Waals surface area contributed by atoms with E-state index in [1.807, 2.05) is 0 Å². The first-order chi connectivity index (χ1) is 9.24. The molecule has 1 amide bonds. The van der Waals surface area contributed by atoms with Gasteiger partial charge in [0.25, 0.3) is 0 Å². The lowest BCUT2D eigenvalue weighted by atomic mass is 9.95. The lowest BCUT2D eigenvalue weighted by molar-refractivity contribution is -0.121. The van der Waals surface area contributed by atoms with Gasteiger partial charge in [-0.15, -0.1) is 0 Å². The van der Waals surface area contributed by atoms with E-state index in [-0.39, 0.29) is 5.91 Å². The molecule has 3 atom stereocenters. The van der Waals surface area contributed by atoms with E-state index in [1.54, 1.807) is 0 Å². The fourth-order valence-electron chi connectivity index (χ4n) is 3.76. The second-order valence-electron chi connectivity index (χ2n) is 6.20. The number of carbonyl (C=O) groups excluding carboxylic acids is 1. The van der Waals surface area contributed by atoms with Crippen molar-refractivity contribution in [2.24, 2.45) is 11.8 Å². The Morgan fingerprint density at radius 1 is 1.16 bits per heavy atom. The second kappa shape index (κ2) is 5.36. The van der Waals surface area contributed by atoms with Crippen molar-refractivity contribution in [3.8, 4) is 0 Å². The Hall–Kier alpha value is -1.31. The highest BCUT2D eigenvalue weighted by Crippen LogP contribution is 2.44. The third-order valence-corrected chi connectivity index (χ3v) is 4.88. The molecule has 2 heteroatoms. The van der Waals surface area contributed by atoms with Gasteiger partial charge < -0.3 is 5.32 Å². The SMILES string of the molecule is CCc1ccc(CC(=O)N[C@@H]2C[C@H]3CC[C@@H]2C3)cc1. The quantitative estimate of drug-likeness (QED) is 0.882. The second-order valence-corrected chi connectivity index (χ2v) is 6.20. The summed E-state index contributed by atoms with van der Waals surface area (Å²) >= 11 is 0. The van der Waals surface area contributed by atoms with Gasteiger partial charge in [0.1, 0.15) is 0 Å². The van der Waals surface area contributed by atoms with Crippen molar-refractivity contribution >= 4 is 5.91 Å². The smallest absolute Gasteiger partial charge is 0.224 e. The minimum Gasteiger partial charge on any atom is -0.353 e. The van der Waals surface area contributed by atoms with E-state index in [4.69, 9.17) is 0 Å². The molecule has 0 aliphatic heterocycles. The summed E-state index contributed by atoms with van der Waals surface area (Å²) in [5, 5.41) is 3.25. The number of hydrogen-bond donors (Lipinski definition) is 1. The molecule has 0 unspecified atom stereocenters. The van der Waals surface area contributed by atoms with Crippen LogP contribution in [0.1, 0.15) is 43.7 Å². The van der Waals surface area contributed by atoms with Crippen LogP contribution < -0.4 is 5.32 Å². The third-order valence-electron chi connectivity index (χ3n) is 4.88. The first-order valence-corrected chi connectivity index (χ1v) is 7.61. The van der Waals surface area contributed by atoms with Crippen molar-refractivity contribution in [2.45, 2.75) is 51.5 Å². The summed E-state index contributed by atoms with van der Waals surface area (Å²) < 4.78 is 0. The first-order valence-electron chi connectivity index (χ1n) is 7.61. The van der Waals surface area contributed by atoms with Gasteiger partial charge in [0, 0.05) is 6.04 Å². The molecule has 0 radical (unpaired) electrons. The highest BCUT2D eigenvalue weighted by molar-refractivity contribution is 5.79. The van der Waals surface area contributed by atoms with E-state index >= 15 is 0 Å². The molecule has 2 saturated carbocycles. The average Bonchev–Trinajstić information content (AvgIpc) is 3.02. The molecule has 2 aliphatic carbocycles. The molecule has 19 heavy (non-hydrogen) atoms. The maximum atomic E-state index is 12.1. The minimum absolute atomic E-state index is 0.196. The molecule has 2 bridgehead atoms. The van der Waals surface area contributed by atoms with Gasteiger partial charge in [-0.1, -0.05) is 37.6 Å². The molecule has 3 rings (SSSR count). The number of rotatable bonds is 4. The zero-order chi connectivity index (χ0) is 13.2. The molecule has 0 spiro atoms. The molecule has 0 heterocycles. The van der Waals surface area contributed by atoms with Crippen molar-refractivity contribution in [1.29, 1.82) is 0 Å². The van der Waals surface area contributed by atoms with E-state index in [0.717, 1.165) is 23.8 Å². The summed E-state index contributed by atoms with van der Waals surface area (Å²) in [7, 11) is 0. The molecule has 2 nitrogen and oxygen atoms in total. The Bertz CT molecular complexity index is 451. The van der Waals surface area contributed by atoms with Crippen molar-refractivity contribution in [1.82, 2.24) is 5.32 Å². The molecule has 102 valence electrons. The predicted octanol–water partition coefficient (Wildman–Crippen LogP) is 3.10. The minimum atomic E-state index is 0.196. The number of benzene rings is 1. The number of aryl methyl sites for hydroxylation is 1. The summed E-state index contributed by atoms with van der Waals surface area (Å²) in [5.74, 6) is 1.84. The van der Waals surface area contributed by atoms with Crippen LogP contribution >= 0.6 is 0 Å². The average molecular weight is 257 g/mol. The van der Waals surface area contributed by atoms with Crippen LogP contribution in [0.15, 0.2) is 24.3 Å². The Kier molecular flexibility index (Phi) is 3.58. The van der Waals surface area contributed by atoms with Crippen LogP contribution in [0.3, 0.4) is 0 Å². The van der Waals surface area contributed by atoms with E-state index in [1.165, 1.54) is 31.2 Å². The van der Waals surface area contributed by atoms with Crippen LogP contribution in [0.25, 0.3) is 0 Å². The van der Waals surface area contributed by atoms with Crippen LogP contribution in [0, 0.1) is 11.8 Å². The molecule has 1 aromatic carbocycles. The fourth-order valence-corrected chi connectivity index (χ4v) is 3.76. The Morgan fingerprint density at radius 2 is 1.89 bits per heavy atom. The normalized spacial score (nSPS) is 28.6. The van der Waals surface area contributed by atoms with Crippen LogP contribution in [0.5, 0.6) is 0 Å². The maximum Gasteiger partial charge on any atom is 0.224 e. The van der Waals surface area contributed by atoms with Crippen molar-refractivity contribution in [3.05, 3.63) is 35.4 Å². The van der Waals surface area contributed by atoms with Gasteiger partial charge >= 0.3 is 0 Å². The zero-order valence-corrected chi connectivity index (χ0v) is 11.7. The van der Waals surface area contributed by atoms with Crippen molar-refractivity contribution < 1.29 is 4.79 Å². The molecule has 2 fully saturated rings. The van der Waals surface area contributed by atoms with Gasteiger partial charge in [-0.2, -0.15) is 0 Å². The molecular formula is C17H23NO. The third kappa shape index (κ3) is 2.83. The summed E-state index contributed by atoms with van der Waals surface area (Å²) in [6.07, 6.45) is 6.84. The summed E-state index contributed by atoms with van der Waals surface area (Å²) in [5.41, 5.74) is 2.45. The lowest BCUT2D eigenvalue weighted by Gasteiger charge is -2.22. The Labute approximate surface area is 115 Å². The summed E-state index contributed by atoms with van der Waals surface area (Å²) in [6.45, 7) is 2.15. The maximum absolute atomic E-state index is 12.1. The number of amides is 1. The van der Waals surface area contributed by atoms with Gasteiger partial charge in [-0.05, 0) is 48.6 Å². The predicted molar refractivity (Wildman–Crippen MR) is 76.9 cm³/mol. The first kappa shape index (κ1) is 12.7. The molecule has 1 aromatic rings. The Balaban J connectivity index is 1.53. The molecule has 1 N–H and O–H groups in total. The van der Waals surface area contributed by atoms with Gasteiger partial charge in [0.2, 0.25) is 5.91 Å². The fraction of sp³-hybridized carbons (Fsp3) is 0.588. The van der Waals surface area contributed by atoms with Crippen molar-refractivity contribution in [2.75, 3.05) is 0 Å². The van der Waals surface area contributed by atoms with E-state index in [9.17, 15) is 4.79 Å². The zero-order valence-electron chi connectivity index (χ0n) is 11.7. The molecular weight excluding hydrogens is 234 g/mol. The number of nitrogens with one attached hydrogen (secondary N) is 1. The number of hydrogen-bond acceptors (Lipinski definition) is 1. The lowest BCUT2D eigenvalue weighted by Crippen LogP contribution is -2.39. The highest BCUT2D eigenvalue weighted by Gasteiger charge is 2.39. The Morgan fingerprint density at radius 3 is 2.47 bits per heavy atom. The van der Waals surface area contributed by atoms with Gasteiger partial charge in [-0.3, -0.25) is 4.79 Å². The highest BCUT2D eigenvalue weighted by atomic mass is 16.1. The number of fused-ring (bicyclic) bond motifs is 2. The van der Waals surface area contributed by atoms with E-state index in [2.05, 4.69) is 36.5 Å². The largest absolute Gasteiger partial charge is 0.353 e. The standard InChI is InChI=1S/C17H23NO/c1-2-12-3-5-13(6-4-12)11-17(19)18-16-10-14-7-8-15(16)9-14/h3-6,14-16H,2,7-11H2,1H3,(H,18,19)/t14-,15+,16+/m0/s1. The molecule has 0 aromatic heterocycles. The van der Waals surface area contributed by atoms with Crippen LogP contribution in [0.4, 0.5) is 0 Å². The van der Waals surface area contributed by atoms with E-state index < -0.39 is 0 Å². The summed E-state index contributed by atoms with van der Waals surface area (Å²) in [6, 6.07) is 8.87. The van der Waals surface area contributed by atoms with Crippen molar-refractivity contribution in [3.63, 3.8) is 0 Å². The van der Waals surface area contributed by atoms with Gasteiger partial charge in [-0.25, -0.2) is 0 Å². The van der Waals surface area contributed by atoms with Crippen LogP contribution in [0.2, 0.25) is 0 Å².